The van der Waals surface area contributed by atoms with Gasteiger partial charge in [-0.05, 0) is 116 Å². The number of unbranched alkanes of at least 4 members (excludes halogenated alkanes) is 5. The lowest BCUT2D eigenvalue weighted by atomic mass is 9.93. The fraction of sp³-hybridized carbons (Fsp3) is 0.333. The van der Waals surface area contributed by atoms with E-state index in [9.17, 15) is 0 Å². The van der Waals surface area contributed by atoms with Crippen molar-refractivity contribution in [2.75, 3.05) is 61.4 Å². The molecule has 2 aliphatic heterocycles. The van der Waals surface area contributed by atoms with Gasteiger partial charge in [0.15, 0.2) is 5.13 Å². The molecule has 8 nitrogen and oxygen atoms in total. The number of hydrogen-bond acceptors (Lipinski definition) is 8. The molecule has 0 saturated carbocycles. The van der Waals surface area contributed by atoms with Gasteiger partial charge in [0.25, 0.3) is 0 Å². The first-order chi connectivity index (χ1) is 34.1. The Balaban J connectivity index is 0.708. The number of para-hydroxylation sites is 1. The monoisotopic (exact) mass is 953 g/mol. The van der Waals surface area contributed by atoms with E-state index in [0.29, 0.717) is 5.69 Å². The molecule has 7 aromatic rings. The standard InChI is InChI=1S/C60H69FN8S/c1-8-9-26-56(43(4)62-7)69-44(5)51-37-54(61)57(38-52(51)45(69)6)67-35-33-66(34-36-67)31-17-13-11-10-12-14-20-46-21-18-23-49(41(46)2)48-28-29-59(63-39-48)68-32-30-47-22-19-24-50(53(47)40-68)42(3)64-60-65-55-25-15-16-27-58(55)70-60/h8,15-16,18-19,21-25,27-29,37-39,56,62H,1,3-6,9-14,17,20,26,30-36,40H2,2,7H3,(H,64,65). The minimum Gasteiger partial charge on any atom is -0.390 e. The van der Waals surface area contributed by atoms with E-state index in [1.54, 1.807) is 17.4 Å². The Hall–Kier alpha value is -6.49. The fourth-order valence-corrected chi connectivity index (χ4v) is 11.6. The zero-order valence-corrected chi connectivity index (χ0v) is 42.2. The van der Waals surface area contributed by atoms with Gasteiger partial charge in [-0.1, -0.05) is 118 Å². The molecule has 9 rings (SSSR count). The largest absolute Gasteiger partial charge is 0.390 e. The van der Waals surface area contributed by atoms with Gasteiger partial charge >= 0.3 is 0 Å². The quantitative estimate of drug-likeness (QED) is 0.0550. The molecule has 4 aromatic carbocycles. The van der Waals surface area contributed by atoms with Crippen molar-refractivity contribution in [2.45, 2.75) is 83.7 Å². The Labute approximate surface area is 418 Å². The molecule has 0 spiro atoms. The number of anilines is 3. The van der Waals surface area contributed by atoms with Gasteiger partial charge in [-0.3, -0.25) is 4.90 Å². The summed E-state index contributed by atoms with van der Waals surface area (Å²) in [6.45, 7) is 30.0. The second kappa shape index (κ2) is 22.1. The number of benzene rings is 4. The number of fused-ring (bicyclic) bond motifs is 3. The number of pyridine rings is 1. The zero-order valence-electron chi connectivity index (χ0n) is 41.3. The number of thiazole rings is 1. The van der Waals surface area contributed by atoms with Crippen LogP contribution in [0.4, 0.5) is 21.0 Å². The second-order valence-electron chi connectivity index (χ2n) is 19.2. The third kappa shape index (κ3) is 10.5. The Morgan fingerprint density at radius 2 is 1.60 bits per heavy atom. The molecular formula is C60H69FN8S. The van der Waals surface area contributed by atoms with Crippen LogP contribution in [0.2, 0.25) is 0 Å². The summed E-state index contributed by atoms with van der Waals surface area (Å²) in [5.41, 5.74) is 12.4. The summed E-state index contributed by atoms with van der Waals surface area (Å²) in [4.78, 5) is 16.9. The topological polar surface area (TPSA) is 64.5 Å². The molecule has 2 aliphatic rings. The zero-order chi connectivity index (χ0) is 48.7. The van der Waals surface area contributed by atoms with E-state index in [-0.39, 0.29) is 11.9 Å². The van der Waals surface area contributed by atoms with E-state index in [0.717, 1.165) is 137 Å². The lowest BCUT2D eigenvalue weighted by molar-refractivity contribution is 0.251. The molecule has 0 amide bonds. The van der Waals surface area contributed by atoms with Crippen LogP contribution in [0, 0.1) is 12.7 Å². The van der Waals surface area contributed by atoms with Crippen LogP contribution in [0.25, 0.3) is 51.0 Å². The lowest BCUT2D eigenvalue weighted by Crippen LogP contribution is -2.46. The molecule has 10 heteroatoms. The number of nitrogens with one attached hydrogen (secondary N) is 2. The smallest absolute Gasteiger partial charge is 0.188 e. The minimum atomic E-state index is -0.197. The maximum atomic E-state index is 15.7. The van der Waals surface area contributed by atoms with Crippen molar-refractivity contribution in [3.63, 3.8) is 0 Å². The maximum Gasteiger partial charge on any atom is 0.188 e. The normalized spacial score (nSPS) is 14.5. The van der Waals surface area contributed by atoms with Crippen molar-refractivity contribution in [3.05, 3.63) is 167 Å². The number of nitrogens with zero attached hydrogens (tertiary/aromatic N) is 6. The molecule has 70 heavy (non-hydrogen) atoms. The van der Waals surface area contributed by atoms with Gasteiger partial charge in [0, 0.05) is 96.5 Å². The summed E-state index contributed by atoms with van der Waals surface area (Å²) in [5, 5.41) is 11.0. The maximum absolute atomic E-state index is 15.7. The van der Waals surface area contributed by atoms with Crippen molar-refractivity contribution < 1.29 is 4.39 Å². The van der Waals surface area contributed by atoms with Crippen molar-refractivity contribution in [1.82, 2.24) is 24.8 Å². The molecule has 3 aromatic heterocycles. The molecule has 1 unspecified atom stereocenters. The molecule has 1 fully saturated rings. The Kier molecular flexibility index (Phi) is 15.3. The second-order valence-corrected chi connectivity index (χ2v) is 20.2. The highest BCUT2D eigenvalue weighted by molar-refractivity contribution is 7.22. The van der Waals surface area contributed by atoms with Crippen LogP contribution in [-0.2, 0) is 19.4 Å². The molecule has 0 aliphatic carbocycles. The van der Waals surface area contributed by atoms with Crippen molar-refractivity contribution in [3.8, 4) is 11.1 Å². The summed E-state index contributed by atoms with van der Waals surface area (Å²) in [5.74, 6) is 0.804. The van der Waals surface area contributed by atoms with Crippen LogP contribution in [0.15, 0.2) is 123 Å². The van der Waals surface area contributed by atoms with Gasteiger partial charge in [0.1, 0.15) is 11.6 Å². The molecule has 1 saturated heterocycles. The number of rotatable bonds is 21. The van der Waals surface area contributed by atoms with Crippen molar-refractivity contribution in [2.24, 2.45) is 0 Å². The molecule has 2 N–H and O–H groups in total. The van der Waals surface area contributed by atoms with Crippen LogP contribution in [0.1, 0.15) is 85.2 Å². The van der Waals surface area contributed by atoms with E-state index >= 15 is 4.39 Å². The first-order valence-corrected chi connectivity index (χ1v) is 26.1. The summed E-state index contributed by atoms with van der Waals surface area (Å²) >= 11 is 1.65. The number of piperazine rings is 1. The van der Waals surface area contributed by atoms with E-state index in [1.165, 1.54) is 66.3 Å². The molecule has 362 valence electrons. The van der Waals surface area contributed by atoms with Crippen LogP contribution >= 0.6 is 11.3 Å². The van der Waals surface area contributed by atoms with Gasteiger partial charge in [-0.2, -0.15) is 0 Å². The van der Waals surface area contributed by atoms with E-state index in [2.05, 4.69) is 137 Å². The number of allylic oxidation sites excluding steroid dienone is 2. The number of hydrogen-bond donors (Lipinski definition) is 2. The van der Waals surface area contributed by atoms with Gasteiger partial charge in [-0.25, -0.2) is 14.4 Å². The number of aryl methyl sites for hydroxylation is 1. The predicted octanol–water partition coefficient (Wildman–Crippen LogP) is 12.2. The molecular weight excluding hydrogens is 884 g/mol. The summed E-state index contributed by atoms with van der Waals surface area (Å²) in [7, 11) is 1.88. The number of likely N-dealkylation sites (N-methyl/N-ethyl adjacent to an activating group) is 1. The van der Waals surface area contributed by atoms with Crippen molar-refractivity contribution >= 4 is 67.8 Å². The average molecular weight is 953 g/mol. The van der Waals surface area contributed by atoms with Gasteiger partial charge in [0.05, 0.1) is 21.9 Å². The van der Waals surface area contributed by atoms with E-state index in [1.807, 2.05) is 31.3 Å². The summed E-state index contributed by atoms with van der Waals surface area (Å²) < 4.78 is 19.0. The number of halogens is 1. The fourth-order valence-electron chi connectivity index (χ4n) is 10.7. The first kappa shape index (κ1) is 48.5. The molecule has 0 bridgehead atoms. The highest BCUT2D eigenvalue weighted by Crippen LogP contribution is 2.34. The van der Waals surface area contributed by atoms with Crippen LogP contribution in [0.3, 0.4) is 0 Å². The van der Waals surface area contributed by atoms with Gasteiger partial charge < -0.3 is 25.0 Å². The minimum absolute atomic E-state index is 0.0398. The molecule has 5 heterocycles. The predicted molar refractivity (Wildman–Crippen MR) is 297 cm³/mol. The highest BCUT2D eigenvalue weighted by atomic mass is 32.1. The first-order valence-electron chi connectivity index (χ1n) is 25.3. The van der Waals surface area contributed by atoms with Crippen molar-refractivity contribution in [1.29, 1.82) is 0 Å². The lowest BCUT2D eigenvalue weighted by Gasteiger charge is -2.36. The number of aromatic nitrogens is 3. The highest BCUT2D eigenvalue weighted by Gasteiger charge is 2.24. The Bertz CT molecular complexity index is 3070. The summed E-state index contributed by atoms with van der Waals surface area (Å²) in [6, 6.07) is 29.6. The third-order valence-electron chi connectivity index (χ3n) is 14.8. The molecule has 0 radical (unpaired) electrons. The average Bonchev–Trinajstić information content (AvgIpc) is 3.90. The third-order valence-corrected chi connectivity index (χ3v) is 15.8. The van der Waals surface area contributed by atoms with Gasteiger partial charge in [-0.15, -0.1) is 6.58 Å². The van der Waals surface area contributed by atoms with E-state index in [4.69, 9.17) is 9.97 Å². The van der Waals surface area contributed by atoms with Gasteiger partial charge in [0.2, 0.25) is 0 Å². The van der Waals surface area contributed by atoms with Crippen LogP contribution in [0.5, 0.6) is 0 Å². The van der Waals surface area contributed by atoms with Crippen LogP contribution < -0.4 is 31.1 Å². The summed E-state index contributed by atoms with van der Waals surface area (Å²) in [6.07, 6.45) is 15.1. The Morgan fingerprint density at radius 1 is 0.843 bits per heavy atom. The molecule has 1 atom stereocenters. The van der Waals surface area contributed by atoms with Crippen LogP contribution in [-0.4, -0.2) is 65.8 Å². The SMILES string of the molecule is C=CCCC(C(=C)NC)n1c(=C)c2cc(F)c(N3CCN(CCCCCCCCc4cccc(-c5ccc(N6CCc7cccc(C(=C)Nc8nc9ccccc9s8)c7C6)nc5)c4C)CC3)cc2c1=C. The Morgan fingerprint density at radius 3 is 2.36 bits per heavy atom. The van der Waals surface area contributed by atoms with E-state index < -0.39 is 0 Å².